The quantitative estimate of drug-likeness (QED) is 0.780. The zero-order valence-corrected chi connectivity index (χ0v) is 12.9. The number of nitrogens with one attached hydrogen (secondary N) is 1. The topological polar surface area (TPSA) is 29.1 Å². The molecule has 0 fully saturated rings. The third-order valence-electron chi connectivity index (χ3n) is 3.12. The largest absolute Gasteiger partial charge is 0.323 e. The van der Waals surface area contributed by atoms with Gasteiger partial charge in [0.25, 0.3) is 0 Å². The molecule has 2 nitrogen and oxygen atoms in total. The van der Waals surface area contributed by atoms with Gasteiger partial charge in [0.1, 0.15) is 0 Å². The van der Waals surface area contributed by atoms with Gasteiger partial charge in [-0.15, -0.1) is 0 Å². The number of carbonyl (C=O) groups excluding carboxylic acids is 1. The molecule has 2 aromatic rings. The fourth-order valence-corrected chi connectivity index (χ4v) is 2.12. The highest BCUT2D eigenvalue weighted by Gasteiger charge is 2.01. The Morgan fingerprint density at radius 2 is 1.86 bits per heavy atom. The Bertz CT molecular complexity index is 645. The van der Waals surface area contributed by atoms with E-state index in [9.17, 15) is 4.79 Å². The molecule has 1 amide bonds. The minimum atomic E-state index is -0.160. The maximum absolute atomic E-state index is 11.9. The van der Waals surface area contributed by atoms with Gasteiger partial charge in [-0.25, -0.2) is 0 Å². The summed E-state index contributed by atoms with van der Waals surface area (Å²) < 4.78 is 0. The third-order valence-corrected chi connectivity index (χ3v) is 3.36. The molecule has 3 heteroatoms. The second-order valence-electron chi connectivity index (χ2n) is 5.15. The number of hydrogen-bond donors (Lipinski definition) is 1. The molecule has 0 heterocycles. The zero-order valence-electron chi connectivity index (χ0n) is 12.1. The average molecular weight is 300 g/mol. The van der Waals surface area contributed by atoms with Crippen LogP contribution in [-0.2, 0) is 4.79 Å². The molecule has 0 radical (unpaired) electrons. The first kappa shape index (κ1) is 15.3. The molecule has 0 spiro atoms. The van der Waals surface area contributed by atoms with Crippen LogP contribution in [0.2, 0.25) is 5.02 Å². The third kappa shape index (κ3) is 4.76. The Hall–Kier alpha value is -2.06. The minimum absolute atomic E-state index is 0.160. The Balaban J connectivity index is 1.98. The van der Waals surface area contributed by atoms with E-state index < -0.39 is 0 Å². The van der Waals surface area contributed by atoms with Crippen LogP contribution in [0, 0.1) is 0 Å². The summed E-state index contributed by atoms with van der Waals surface area (Å²) in [5.41, 5.74) is 2.94. The Morgan fingerprint density at radius 1 is 1.14 bits per heavy atom. The van der Waals surface area contributed by atoms with Crippen molar-refractivity contribution in [2.45, 2.75) is 19.8 Å². The molecule has 0 saturated heterocycles. The molecule has 1 N–H and O–H groups in total. The molecule has 0 atom stereocenters. The summed E-state index contributed by atoms with van der Waals surface area (Å²) in [7, 11) is 0. The SMILES string of the molecule is CC(C)c1ccc(NC(=O)C=Cc2cccc(Cl)c2)cc1. The van der Waals surface area contributed by atoms with Crippen molar-refractivity contribution in [3.05, 3.63) is 70.8 Å². The van der Waals surface area contributed by atoms with E-state index in [1.54, 1.807) is 12.1 Å². The normalized spacial score (nSPS) is 11.0. The lowest BCUT2D eigenvalue weighted by atomic mass is 10.0. The maximum Gasteiger partial charge on any atom is 0.248 e. The summed E-state index contributed by atoms with van der Waals surface area (Å²) in [5, 5.41) is 3.49. The predicted octanol–water partition coefficient (Wildman–Crippen LogP) is 5.12. The second-order valence-corrected chi connectivity index (χ2v) is 5.59. The van der Waals surface area contributed by atoms with E-state index >= 15 is 0 Å². The fraction of sp³-hybridized carbons (Fsp3) is 0.167. The standard InChI is InChI=1S/C18H18ClNO/c1-13(2)15-7-9-17(10-8-15)20-18(21)11-6-14-4-3-5-16(19)12-14/h3-13H,1-2H3,(H,20,21). The highest BCUT2D eigenvalue weighted by atomic mass is 35.5. The van der Waals surface area contributed by atoms with Crippen LogP contribution >= 0.6 is 11.6 Å². The van der Waals surface area contributed by atoms with Crippen LogP contribution in [0.1, 0.15) is 30.9 Å². The van der Waals surface area contributed by atoms with Crippen molar-refractivity contribution in [2.75, 3.05) is 5.32 Å². The smallest absolute Gasteiger partial charge is 0.248 e. The van der Waals surface area contributed by atoms with Crippen molar-refractivity contribution in [3.63, 3.8) is 0 Å². The van der Waals surface area contributed by atoms with Crippen molar-refractivity contribution >= 4 is 29.3 Å². The van der Waals surface area contributed by atoms with Gasteiger partial charge in [-0.2, -0.15) is 0 Å². The summed E-state index contributed by atoms with van der Waals surface area (Å²) in [4.78, 5) is 11.9. The number of halogens is 1. The van der Waals surface area contributed by atoms with Gasteiger partial charge < -0.3 is 5.32 Å². The lowest BCUT2D eigenvalue weighted by Crippen LogP contribution is -2.07. The first-order valence-electron chi connectivity index (χ1n) is 6.89. The molecule has 0 aliphatic heterocycles. The Labute approximate surface area is 130 Å². The highest BCUT2D eigenvalue weighted by Crippen LogP contribution is 2.17. The molecule has 2 aromatic carbocycles. The van der Waals surface area contributed by atoms with Gasteiger partial charge in [0.2, 0.25) is 5.91 Å². The number of rotatable bonds is 4. The van der Waals surface area contributed by atoms with Gasteiger partial charge in [0, 0.05) is 16.8 Å². The monoisotopic (exact) mass is 299 g/mol. The first-order valence-corrected chi connectivity index (χ1v) is 7.27. The van der Waals surface area contributed by atoms with Crippen molar-refractivity contribution in [1.82, 2.24) is 0 Å². The summed E-state index contributed by atoms with van der Waals surface area (Å²) in [5.74, 6) is 0.324. The van der Waals surface area contributed by atoms with E-state index in [2.05, 4.69) is 19.2 Å². The number of anilines is 1. The molecular weight excluding hydrogens is 282 g/mol. The Morgan fingerprint density at radius 3 is 2.48 bits per heavy atom. The van der Waals surface area contributed by atoms with E-state index in [1.807, 2.05) is 42.5 Å². The van der Waals surface area contributed by atoms with Gasteiger partial charge in [-0.3, -0.25) is 4.79 Å². The molecular formula is C18H18ClNO. The van der Waals surface area contributed by atoms with Crippen molar-refractivity contribution in [1.29, 1.82) is 0 Å². The minimum Gasteiger partial charge on any atom is -0.323 e. The van der Waals surface area contributed by atoms with Gasteiger partial charge >= 0.3 is 0 Å². The molecule has 0 saturated carbocycles. The van der Waals surface area contributed by atoms with Crippen LogP contribution in [-0.4, -0.2) is 5.91 Å². The molecule has 0 bridgehead atoms. The highest BCUT2D eigenvalue weighted by molar-refractivity contribution is 6.30. The van der Waals surface area contributed by atoms with E-state index in [0.717, 1.165) is 11.3 Å². The molecule has 2 rings (SSSR count). The van der Waals surface area contributed by atoms with Crippen molar-refractivity contribution < 1.29 is 4.79 Å². The molecule has 108 valence electrons. The lowest BCUT2D eigenvalue weighted by molar-refractivity contribution is -0.111. The zero-order chi connectivity index (χ0) is 15.2. The summed E-state index contributed by atoms with van der Waals surface area (Å²) in [6.07, 6.45) is 3.24. The van der Waals surface area contributed by atoms with Crippen LogP contribution < -0.4 is 5.32 Å². The Kier molecular flexibility index (Phi) is 5.18. The van der Waals surface area contributed by atoms with Crippen LogP contribution in [0.15, 0.2) is 54.6 Å². The average Bonchev–Trinajstić information content (AvgIpc) is 2.46. The molecule has 0 unspecified atom stereocenters. The molecule has 0 aromatic heterocycles. The van der Waals surface area contributed by atoms with E-state index in [0.29, 0.717) is 10.9 Å². The van der Waals surface area contributed by atoms with Gasteiger partial charge in [-0.1, -0.05) is 49.7 Å². The molecule has 0 aliphatic carbocycles. The van der Waals surface area contributed by atoms with Crippen molar-refractivity contribution in [3.8, 4) is 0 Å². The fourth-order valence-electron chi connectivity index (χ4n) is 1.92. The van der Waals surface area contributed by atoms with E-state index in [-0.39, 0.29) is 5.91 Å². The van der Waals surface area contributed by atoms with Gasteiger partial charge in [0.05, 0.1) is 0 Å². The van der Waals surface area contributed by atoms with Gasteiger partial charge in [-0.05, 0) is 47.4 Å². The van der Waals surface area contributed by atoms with E-state index in [4.69, 9.17) is 11.6 Å². The van der Waals surface area contributed by atoms with Gasteiger partial charge in [0.15, 0.2) is 0 Å². The number of amides is 1. The maximum atomic E-state index is 11.9. The number of carbonyl (C=O) groups is 1. The van der Waals surface area contributed by atoms with Crippen LogP contribution in [0.25, 0.3) is 6.08 Å². The summed E-state index contributed by atoms with van der Waals surface area (Å²) in [6, 6.07) is 15.2. The first-order chi connectivity index (χ1) is 10.0. The number of hydrogen-bond acceptors (Lipinski definition) is 1. The van der Waals surface area contributed by atoms with E-state index in [1.165, 1.54) is 11.6 Å². The summed E-state index contributed by atoms with van der Waals surface area (Å²) >= 11 is 5.90. The summed E-state index contributed by atoms with van der Waals surface area (Å²) in [6.45, 7) is 4.28. The predicted molar refractivity (Wildman–Crippen MR) is 89.6 cm³/mol. The molecule has 0 aliphatic rings. The van der Waals surface area contributed by atoms with Crippen LogP contribution in [0.5, 0.6) is 0 Å². The lowest BCUT2D eigenvalue weighted by Gasteiger charge is -2.07. The van der Waals surface area contributed by atoms with Crippen LogP contribution in [0.4, 0.5) is 5.69 Å². The second kappa shape index (κ2) is 7.09. The van der Waals surface area contributed by atoms with Crippen molar-refractivity contribution in [2.24, 2.45) is 0 Å². The number of benzene rings is 2. The molecule has 21 heavy (non-hydrogen) atoms. The van der Waals surface area contributed by atoms with Crippen LogP contribution in [0.3, 0.4) is 0 Å².